The zero-order valence-corrected chi connectivity index (χ0v) is 23.7. The third-order valence-corrected chi connectivity index (χ3v) is 5.47. The lowest BCUT2D eigenvalue weighted by molar-refractivity contribution is -0.173. The standard InChI is InChI=1S/2C14H10F4N2O.2ClH/c2*15-12-2-1-9(8-20-13(21)14(16,17)18)7-11(12)10-3-5-19-6-4-10;;/h2*1-7H,8H2,(H,20,21);2*1H. The Morgan fingerprint density at radius 3 is 1.18 bits per heavy atom. The van der Waals surface area contributed by atoms with E-state index >= 15 is 0 Å². The number of alkyl halides is 6. The average Bonchev–Trinajstić information content (AvgIpc) is 2.96. The molecule has 0 radical (unpaired) electrons. The SMILES string of the molecule is Cl.Cl.O=C(NCc1ccc(F)c(-c2ccncc2)c1)C(F)(F)F.O=C(NCc1ccc(F)c(-c2ccncc2)c1)C(F)(F)F. The number of aromatic nitrogens is 2. The predicted molar refractivity (Wildman–Crippen MR) is 150 cm³/mol. The molecule has 4 aromatic rings. The highest BCUT2D eigenvalue weighted by Crippen LogP contribution is 2.25. The summed E-state index contributed by atoms with van der Waals surface area (Å²) in [5.41, 5.74) is 2.28. The van der Waals surface area contributed by atoms with Crippen LogP contribution in [-0.4, -0.2) is 34.1 Å². The largest absolute Gasteiger partial charge is 0.471 e. The van der Waals surface area contributed by atoms with Crippen molar-refractivity contribution in [1.82, 2.24) is 20.6 Å². The smallest absolute Gasteiger partial charge is 0.344 e. The molecule has 0 fully saturated rings. The van der Waals surface area contributed by atoms with Crippen LogP contribution in [0.3, 0.4) is 0 Å². The van der Waals surface area contributed by atoms with Gasteiger partial charge in [-0.05, 0) is 70.8 Å². The number of hydrogen-bond donors (Lipinski definition) is 2. The fourth-order valence-electron chi connectivity index (χ4n) is 3.44. The first kappa shape index (κ1) is 37.7. The van der Waals surface area contributed by atoms with Gasteiger partial charge in [-0.15, -0.1) is 24.8 Å². The molecule has 0 spiro atoms. The Hall–Kier alpha value is -4.30. The highest BCUT2D eigenvalue weighted by atomic mass is 35.5. The Kier molecular flexibility index (Phi) is 14.2. The summed E-state index contributed by atoms with van der Waals surface area (Å²) in [5.74, 6) is -5.08. The predicted octanol–water partition coefficient (Wildman–Crippen LogP) is 6.98. The minimum absolute atomic E-state index is 0. The lowest BCUT2D eigenvalue weighted by atomic mass is 10.0. The molecule has 2 N–H and O–H groups in total. The van der Waals surface area contributed by atoms with Crippen LogP contribution in [0.1, 0.15) is 11.1 Å². The van der Waals surface area contributed by atoms with Crippen molar-refractivity contribution in [3.63, 3.8) is 0 Å². The second kappa shape index (κ2) is 16.5. The second-order valence-electron chi connectivity index (χ2n) is 8.46. The maximum Gasteiger partial charge on any atom is 0.471 e. The normalized spacial score (nSPS) is 10.7. The van der Waals surface area contributed by atoms with Crippen molar-refractivity contribution >= 4 is 36.6 Å². The van der Waals surface area contributed by atoms with Crippen molar-refractivity contribution in [1.29, 1.82) is 0 Å². The van der Waals surface area contributed by atoms with Crippen LogP contribution in [0.25, 0.3) is 22.3 Å². The summed E-state index contributed by atoms with van der Waals surface area (Å²) in [6.07, 6.45) is -3.96. The number of carbonyl (C=O) groups is 2. The van der Waals surface area contributed by atoms with Gasteiger partial charge in [0.05, 0.1) is 0 Å². The minimum Gasteiger partial charge on any atom is -0.344 e. The van der Waals surface area contributed by atoms with Crippen molar-refractivity contribution in [2.45, 2.75) is 25.4 Å². The average molecular weight is 669 g/mol. The highest BCUT2D eigenvalue weighted by molar-refractivity contribution is 5.85. The summed E-state index contributed by atoms with van der Waals surface area (Å²) >= 11 is 0. The van der Waals surface area contributed by atoms with Gasteiger partial charge >= 0.3 is 24.2 Å². The fraction of sp³-hybridized carbons (Fsp3) is 0.143. The van der Waals surface area contributed by atoms with E-state index in [2.05, 4.69) is 9.97 Å². The molecule has 2 heterocycles. The molecule has 2 aromatic heterocycles. The number of amides is 2. The highest BCUT2D eigenvalue weighted by Gasteiger charge is 2.39. The molecule has 0 unspecified atom stereocenters. The van der Waals surface area contributed by atoms with Gasteiger partial charge in [-0.25, -0.2) is 8.78 Å². The molecule has 2 aromatic carbocycles. The van der Waals surface area contributed by atoms with E-state index < -0.39 is 35.8 Å². The molecule has 236 valence electrons. The van der Waals surface area contributed by atoms with Crippen LogP contribution in [0.4, 0.5) is 35.1 Å². The van der Waals surface area contributed by atoms with Crippen LogP contribution in [0.15, 0.2) is 85.5 Å². The third-order valence-electron chi connectivity index (χ3n) is 5.47. The first-order chi connectivity index (χ1) is 19.8. The molecule has 44 heavy (non-hydrogen) atoms. The number of rotatable bonds is 6. The minimum atomic E-state index is -4.94. The number of halogens is 10. The fourth-order valence-corrected chi connectivity index (χ4v) is 3.44. The van der Waals surface area contributed by atoms with E-state index in [1.807, 2.05) is 0 Å². The first-order valence-corrected chi connectivity index (χ1v) is 11.8. The summed E-state index contributed by atoms with van der Waals surface area (Å²) in [5, 5.41) is 3.48. The number of pyridine rings is 2. The van der Waals surface area contributed by atoms with Gasteiger partial charge in [0.1, 0.15) is 11.6 Å². The van der Waals surface area contributed by atoms with Crippen molar-refractivity contribution in [3.05, 3.63) is 108 Å². The van der Waals surface area contributed by atoms with Gasteiger partial charge in [0.2, 0.25) is 0 Å². The molecule has 6 nitrogen and oxygen atoms in total. The lowest BCUT2D eigenvalue weighted by Crippen LogP contribution is -2.36. The van der Waals surface area contributed by atoms with Gasteiger partial charge in [0.25, 0.3) is 0 Å². The molecule has 0 saturated heterocycles. The van der Waals surface area contributed by atoms with Crippen LogP contribution in [-0.2, 0) is 22.7 Å². The quantitative estimate of drug-likeness (QED) is 0.217. The maximum absolute atomic E-state index is 13.8. The van der Waals surface area contributed by atoms with E-state index in [1.165, 1.54) is 49.1 Å². The Bertz CT molecular complexity index is 1410. The third kappa shape index (κ3) is 11.1. The number of hydrogen-bond acceptors (Lipinski definition) is 4. The topological polar surface area (TPSA) is 84.0 Å². The van der Waals surface area contributed by atoms with E-state index in [-0.39, 0.29) is 49.0 Å². The van der Waals surface area contributed by atoms with Crippen LogP contribution in [0, 0.1) is 11.6 Å². The molecule has 0 atom stereocenters. The summed E-state index contributed by atoms with van der Waals surface area (Å²) in [7, 11) is 0. The second-order valence-corrected chi connectivity index (χ2v) is 8.46. The van der Waals surface area contributed by atoms with Crippen molar-refractivity contribution in [2.75, 3.05) is 0 Å². The monoisotopic (exact) mass is 668 g/mol. The zero-order valence-electron chi connectivity index (χ0n) is 22.0. The van der Waals surface area contributed by atoms with E-state index in [0.29, 0.717) is 22.3 Å². The molecule has 0 aliphatic carbocycles. The molecule has 4 rings (SSSR count). The Morgan fingerprint density at radius 2 is 0.886 bits per heavy atom. The van der Waals surface area contributed by atoms with Gasteiger partial charge in [-0.1, -0.05) is 12.1 Å². The van der Waals surface area contributed by atoms with Gasteiger partial charge < -0.3 is 10.6 Å². The van der Waals surface area contributed by atoms with Crippen LogP contribution < -0.4 is 10.6 Å². The number of nitrogens with zero attached hydrogens (tertiary/aromatic N) is 2. The van der Waals surface area contributed by atoms with Crippen LogP contribution in [0.5, 0.6) is 0 Å². The summed E-state index contributed by atoms with van der Waals surface area (Å²) in [6.45, 7) is -0.673. The lowest BCUT2D eigenvalue weighted by Gasteiger charge is -2.10. The molecule has 0 aliphatic heterocycles. The summed E-state index contributed by atoms with van der Waals surface area (Å²) in [6, 6.07) is 14.0. The first-order valence-electron chi connectivity index (χ1n) is 11.8. The molecule has 0 bridgehead atoms. The van der Waals surface area contributed by atoms with Crippen LogP contribution >= 0.6 is 24.8 Å². The molecule has 0 saturated carbocycles. The molecule has 0 aliphatic rings. The Labute approximate surface area is 257 Å². The molecular formula is C28H22Cl2F8N4O2. The van der Waals surface area contributed by atoms with E-state index in [4.69, 9.17) is 0 Å². The Balaban J connectivity index is 0.000000421. The zero-order chi connectivity index (χ0) is 30.9. The maximum atomic E-state index is 13.8. The van der Waals surface area contributed by atoms with Gasteiger partial charge in [-0.2, -0.15) is 26.3 Å². The van der Waals surface area contributed by atoms with E-state index in [9.17, 15) is 44.7 Å². The molecule has 2 amide bonds. The summed E-state index contributed by atoms with van der Waals surface area (Å²) < 4.78 is 100.0. The number of nitrogens with one attached hydrogen (secondary N) is 2. The van der Waals surface area contributed by atoms with Gasteiger partial charge in [0.15, 0.2) is 0 Å². The number of benzene rings is 2. The van der Waals surface area contributed by atoms with E-state index in [1.54, 1.807) is 34.9 Å². The molecular weight excluding hydrogens is 647 g/mol. The van der Waals surface area contributed by atoms with Crippen molar-refractivity contribution in [2.24, 2.45) is 0 Å². The van der Waals surface area contributed by atoms with Crippen molar-refractivity contribution < 1.29 is 44.7 Å². The van der Waals surface area contributed by atoms with Crippen molar-refractivity contribution in [3.8, 4) is 22.3 Å². The molecule has 16 heteroatoms. The summed E-state index contributed by atoms with van der Waals surface area (Å²) in [4.78, 5) is 29.1. The number of carbonyl (C=O) groups excluding carboxylic acids is 2. The van der Waals surface area contributed by atoms with Gasteiger partial charge in [0, 0.05) is 49.0 Å². The Morgan fingerprint density at radius 1 is 0.568 bits per heavy atom. The van der Waals surface area contributed by atoms with Gasteiger partial charge in [-0.3, -0.25) is 19.6 Å². The van der Waals surface area contributed by atoms with E-state index in [0.717, 1.165) is 12.1 Å². The van der Waals surface area contributed by atoms with Crippen LogP contribution in [0.2, 0.25) is 0 Å².